The van der Waals surface area contributed by atoms with Crippen LogP contribution in [0.3, 0.4) is 0 Å². The highest BCUT2D eigenvalue weighted by atomic mass is 14.6. The number of pyridine rings is 1. The summed E-state index contributed by atoms with van der Waals surface area (Å²) < 4.78 is 0. The first-order chi connectivity index (χ1) is 7.74. The van der Waals surface area contributed by atoms with Crippen molar-refractivity contribution in [3.63, 3.8) is 0 Å². The maximum atomic E-state index is 5.67. The molecule has 0 unspecified atom stereocenters. The van der Waals surface area contributed by atoms with Crippen LogP contribution in [0.15, 0.2) is 42.7 Å². The molecule has 78 valence electrons. The van der Waals surface area contributed by atoms with E-state index in [0.29, 0.717) is 0 Å². The lowest BCUT2D eigenvalue weighted by atomic mass is 10.2. The van der Waals surface area contributed by atoms with Crippen LogP contribution in [0.4, 0.5) is 5.69 Å². The molecule has 2 nitrogen and oxygen atoms in total. The molecule has 0 radical (unpaired) electrons. The molecular formula is C14H12N2. The Balaban J connectivity index is 2.28. The van der Waals surface area contributed by atoms with Gasteiger partial charge in [0.1, 0.15) is 0 Å². The summed E-state index contributed by atoms with van der Waals surface area (Å²) in [6.45, 7) is 2.00. The largest absolute Gasteiger partial charge is 0.399 e. The summed E-state index contributed by atoms with van der Waals surface area (Å²) in [4.78, 5) is 4.09. The molecule has 0 saturated heterocycles. The van der Waals surface area contributed by atoms with Gasteiger partial charge < -0.3 is 5.73 Å². The first-order valence-corrected chi connectivity index (χ1v) is 5.03. The quantitative estimate of drug-likeness (QED) is 0.533. The second-order valence-electron chi connectivity index (χ2n) is 3.63. The molecule has 0 aliphatic carbocycles. The van der Waals surface area contributed by atoms with E-state index in [1.165, 1.54) is 0 Å². The van der Waals surface area contributed by atoms with Gasteiger partial charge >= 0.3 is 0 Å². The number of aryl methyl sites for hydroxylation is 1. The summed E-state index contributed by atoms with van der Waals surface area (Å²) >= 11 is 0. The molecule has 0 spiro atoms. The smallest absolute Gasteiger partial charge is 0.0435 e. The predicted octanol–water partition coefficient (Wildman–Crippen LogP) is 2.37. The minimum absolute atomic E-state index is 0.731. The standard InChI is InChI=1S/C14H12N2/c1-11-7-13(10-16-9-11)6-5-12-3-2-4-14(15)8-12/h2-4,7-10H,15H2,1H3. The van der Waals surface area contributed by atoms with E-state index in [4.69, 9.17) is 5.73 Å². The van der Waals surface area contributed by atoms with Gasteiger partial charge in [0.05, 0.1) is 0 Å². The number of nitrogens with zero attached hydrogens (tertiary/aromatic N) is 1. The van der Waals surface area contributed by atoms with Gasteiger partial charge in [-0.05, 0) is 36.8 Å². The predicted molar refractivity (Wildman–Crippen MR) is 65.8 cm³/mol. The van der Waals surface area contributed by atoms with Crippen molar-refractivity contribution in [2.24, 2.45) is 0 Å². The normalized spacial score (nSPS) is 9.31. The lowest BCUT2D eigenvalue weighted by Gasteiger charge is -1.93. The topological polar surface area (TPSA) is 38.9 Å². The van der Waals surface area contributed by atoms with Crippen molar-refractivity contribution in [1.29, 1.82) is 0 Å². The third-order valence-electron chi connectivity index (χ3n) is 2.11. The summed E-state index contributed by atoms with van der Waals surface area (Å²) in [7, 11) is 0. The van der Waals surface area contributed by atoms with E-state index in [2.05, 4.69) is 16.8 Å². The number of nitrogen functional groups attached to an aromatic ring is 1. The Kier molecular flexibility index (Phi) is 2.88. The summed E-state index contributed by atoms with van der Waals surface area (Å²) in [5.41, 5.74) is 9.35. The van der Waals surface area contributed by atoms with Gasteiger partial charge in [-0.25, -0.2) is 0 Å². The molecule has 1 heterocycles. The number of benzene rings is 1. The van der Waals surface area contributed by atoms with E-state index in [1.54, 1.807) is 6.20 Å². The Labute approximate surface area is 95.1 Å². The number of hydrogen-bond acceptors (Lipinski definition) is 2. The third-order valence-corrected chi connectivity index (χ3v) is 2.11. The van der Waals surface area contributed by atoms with Gasteiger partial charge in [0.25, 0.3) is 0 Å². The minimum atomic E-state index is 0.731. The Hall–Kier alpha value is -2.27. The zero-order valence-electron chi connectivity index (χ0n) is 9.07. The average Bonchev–Trinajstić information content (AvgIpc) is 2.27. The van der Waals surface area contributed by atoms with Gasteiger partial charge in [0.15, 0.2) is 0 Å². The number of nitrogens with two attached hydrogens (primary N) is 1. The van der Waals surface area contributed by atoms with E-state index < -0.39 is 0 Å². The van der Waals surface area contributed by atoms with E-state index in [-0.39, 0.29) is 0 Å². The number of anilines is 1. The Morgan fingerprint density at radius 2 is 1.88 bits per heavy atom. The van der Waals surface area contributed by atoms with Crippen molar-refractivity contribution >= 4 is 5.69 Å². The van der Waals surface area contributed by atoms with Crippen molar-refractivity contribution < 1.29 is 0 Å². The van der Waals surface area contributed by atoms with Gasteiger partial charge in [-0.3, -0.25) is 4.98 Å². The van der Waals surface area contributed by atoms with Crippen molar-refractivity contribution in [2.45, 2.75) is 6.92 Å². The van der Waals surface area contributed by atoms with Crippen LogP contribution in [-0.2, 0) is 0 Å². The van der Waals surface area contributed by atoms with Crippen LogP contribution >= 0.6 is 0 Å². The highest BCUT2D eigenvalue weighted by molar-refractivity contribution is 5.49. The summed E-state index contributed by atoms with van der Waals surface area (Å²) in [6.07, 6.45) is 3.57. The first kappa shape index (κ1) is 10.3. The average molecular weight is 208 g/mol. The molecule has 2 rings (SSSR count). The Morgan fingerprint density at radius 1 is 1.06 bits per heavy atom. The van der Waals surface area contributed by atoms with E-state index in [1.807, 2.05) is 43.5 Å². The van der Waals surface area contributed by atoms with Crippen LogP contribution < -0.4 is 5.73 Å². The number of aromatic nitrogens is 1. The van der Waals surface area contributed by atoms with Gasteiger partial charge in [0.2, 0.25) is 0 Å². The first-order valence-electron chi connectivity index (χ1n) is 5.03. The Bertz CT molecular complexity index is 513. The van der Waals surface area contributed by atoms with Crippen molar-refractivity contribution in [3.05, 3.63) is 59.4 Å². The van der Waals surface area contributed by atoms with Crippen LogP contribution in [-0.4, -0.2) is 4.98 Å². The van der Waals surface area contributed by atoms with Crippen LogP contribution in [0.2, 0.25) is 0 Å². The number of hydrogen-bond donors (Lipinski definition) is 1. The monoisotopic (exact) mass is 208 g/mol. The van der Waals surface area contributed by atoms with Gasteiger partial charge in [-0.1, -0.05) is 17.9 Å². The van der Waals surface area contributed by atoms with E-state index in [9.17, 15) is 0 Å². The molecule has 0 amide bonds. The highest BCUT2D eigenvalue weighted by Crippen LogP contribution is 2.05. The molecule has 2 heteroatoms. The summed E-state index contributed by atoms with van der Waals surface area (Å²) in [5, 5.41) is 0. The van der Waals surface area contributed by atoms with E-state index in [0.717, 1.165) is 22.4 Å². The Morgan fingerprint density at radius 3 is 2.62 bits per heavy atom. The third kappa shape index (κ3) is 2.61. The molecule has 2 aromatic rings. The molecule has 1 aromatic heterocycles. The molecule has 0 atom stereocenters. The summed E-state index contributed by atoms with van der Waals surface area (Å²) in [5.74, 6) is 6.12. The van der Waals surface area contributed by atoms with Gasteiger partial charge in [-0.2, -0.15) is 0 Å². The SMILES string of the molecule is Cc1cncc(C#Cc2cccc(N)c2)c1. The van der Waals surface area contributed by atoms with Gasteiger partial charge in [0, 0.05) is 29.2 Å². The van der Waals surface area contributed by atoms with Crippen LogP contribution in [0.25, 0.3) is 0 Å². The van der Waals surface area contributed by atoms with Crippen molar-refractivity contribution in [2.75, 3.05) is 5.73 Å². The fraction of sp³-hybridized carbons (Fsp3) is 0.0714. The molecule has 0 aliphatic rings. The summed E-state index contributed by atoms with van der Waals surface area (Å²) in [6, 6.07) is 9.54. The van der Waals surface area contributed by atoms with Crippen molar-refractivity contribution in [3.8, 4) is 11.8 Å². The number of rotatable bonds is 0. The molecule has 0 aliphatic heterocycles. The van der Waals surface area contributed by atoms with Crippen LogP contribution in [0.5, 0.6) is 0 Å². The molecule has 0 saturated carbocycles. The molecular weight excluding hydrogens is 196 g/mol. The van der Waals surface area contributed by atoms with Crippen LogP contribution in [0, 0.1) is 18.8 Å². The fourth-order valence-corrected chi connectivity index (χ4v) is 1.38. The highest BCUT2D eigenvalue weighted by Gasteiger charge is 1.89. The second kappa shape index (κ2) is 4.50. The minimum Gasteiger partial charge on any atom is -0.399 e. The fourth-order valence-electron chi connectivity index (χ4n) is 1.38. The van der Waals surface area contributed by atoms with Crippen molar-refractivity contribution in [1.82, 2.24) is 4.98 Å². The molecule has 0 fully saturated rings. The molecule has 0 bridgehead atoms. The van der Waals surface area contributed by atoms with Gasteiger partial charge in [-0.15, -0.1) is 0 Å². The van der Waals surface area contributed by atoms with Crippen LogP contribution in [0.1, 0.15) is 16.7 Å². The maximum absolute atomic E-state index is 5.67. The van der Waals surface area contributed by atoms with E-state index >= 15 is 0 Å². The zero-order valence-corrected chi connectivity index (χ0v) is 9.07. The molecule has 1 aromatic carbocycles. The molecule has 16 heavy (non-hydrogen) atoms. The maximum Gasteiger partial charge on any atom is 0.0435 e. The molecule has 2 N–H and O–H groups in total. The lowest BCUT2D eigenvalue weighted by Crippen LogP contribution is -1.85. The lowest BCUT2D eigenvalue weighted by molar-refractivity contribution is 1.26. The second-order valence-corrected chi connectivity index (χ2v) is 3.63. The zero-order chi connectivity index (χ0) is 11.4.